The first-order chi connectivity index (χ1) is 12.4. The van der Waals surface area contributed by atoms with Crippen LogP contribution in [0.25, 0.3) is 0 Å². The topological polar surface area (TPSA) is 44.1 Å². The van der Waals surface area contributed by atoms with Crippen molar-refractivity contribution in [2.24, 2.45) is 0 Å². The summed E-state index contributed by atoms with van der Waals surface area (Å²) >= 11 is 5.95. The molecular formula is C21H29ClN2O2. The molecule has 0 fully saturated rings. The third-order valence-electron chi connectivity index (χ3n) is 4.70. The minimum atomic E-state index is -0.155. The standard InChI is InChI=1S/C21H29ClN2O2/c1-5-6-7-8-9-10-19-16(3)23-24(17(19)4)21(25)14-26-20-12-11-18(22)13-15(20)2/h11-13H,5-10,14H2,1-4H3. The Kier molecular flexibility index (Phi) is 7.70. The van der Waals surface area contributed by atoms with Gasteiger partial charge in [0.2, 0.25) is 0 Å². The molecule has 0 bridgehead atoms. The molecule has 4 nitrogen and oxygen atoms in total. The molecular weight excluding hydrogens is 348 g/mol. The molecule has 0 saturated carbocycles. The van der Waals surface area contributed by atoms with Gasteiger partial charge in [-0.2, -0.15) is 5.10 Å². The van der Waals surface area contributed by atoms with Crippen LogP contribution in [0.1, 0.15) is 66.3 Å². The molecule has 0 N–H and O–H groups in total. The molecule has 0 atom stereocenters. The maximum absolute atomic E-state index is 12.5. The van der Waals surface area contributed by atoms with E-state index in [1.165, 1.54) is 35.9 Å². The highest BCUT2D eigenvalue weighted by atomic mass is 35.5. The van der Waals surface area contributed by atoms with Gasteiger partial charge in [-0.15, -0.1) is 0 Å². The molecule has 1 aromatic heterocycles. The quantitative estimate of drug-likeness (QED) is 0.527. The highest BCUT2D eigenvalue weighted by Gasteiger charge is 2.17. The Morgan fingerprint density at radius 1 is 1.15 bits per heavy atom. The highest BCUT2D eigenvalue weighted by Crippen LogP contribution is 2.22. The van der Waals surface area contributed by atoms with Crippen LogP contribution in [0.2, 0.25) is 5.02 Å². The van der Waals surface area contributed by atoms with E-state index in [1.54, 1.807) is 12.1 Å². The molecule has 0 aliphatic carbocycles. The van der Waals surface area contributed by atoms with Crippen LogP contribution in [0.15, 0.2) is 18.2 Å². The smallest absolute Gasteiger partial charge is 0.284 e. The number of carbonyl (C=O) groups is 1. The van der Waals surface area contributed by atoms with Crippen molar-refractivity contribution in [3.05, 3.63) is 45.7 Å². The monoisotopic (exact) mass is 376 g/mol. The van der Waals surface area contributed by atoms with Gasteiger partial charge in [-0.25, -0.2) is 4.68 Å². The highest BCUT2D eigenvalue weighted by molar-refractivity contribution is 6.30. The molecule has 2 aromatic rings. The Balaban J connectivity index is 1.97. The predicted molar refractivity (Wildman–Crippen MR) is 106 cm³/mol. The number of unbranched alkanes of at least 4 members (excludes halogenated alkanes) is 4. The van der Waals surface area contributed by atoms with Crippen LogP contribution in [0.4, 0.5) is 0 Å². The number of aromatic nitrogens is 2. The summed E-state index contributed by atoms with van der Waals surface area (Å²) in [4.78, 5) is 12.5. The first kappa shape index (κ1) is 20.5. The van der Waals surface area contributed by atoms with Crippen LogP contribution in [-0.2, 0) is 6.42 Å². The van der Waals surface area contributed by atoms with E-state index in [2.05, 4.69) is 12.0 Å². The number of ether oxygens (including phenoxy) is 1. The minimum absolute atomic E-state index is 0.0413. The molecule has 0 aliphatic rings. The summed E-state index contributed by atoms with van der Waals surface area (Å²) in [5, 5.41) is 5.10. The fourth-order valence-corrected chi connectivity index (χ4v) is 3.39. The van der Waals surface area contributed by atoms with E-state index in [0.29, 0.717) is 10.8 Å². The number of hydrogen-bond donors (Lipinski definition) is 0. The Morgan fingerprint density at radius 2 is 1.88 bits per heavy atom. The number of aryl methyl sites for hydroxylation is 2. The Morgan fingerprint density at radius 3 is 2.58 bits per heavy atom. The molecule has 0 aliphatic heterocycles. The maximum Gasteiger partial charge on any atom is 0.284 e. The molecule has 5 heteroatoms. The second-order valence-corrected chi connectivity index (χ2v) is 7.25. The SMILES string of the molecule is CCCCCCCc1c(C)nn(C(=O)COc2ccc(Cl)cc2C)c1C. The van der Waals surface area contributed by atoms with Crippen LogP contribution in [0.3, 0.4) is 0 Å². The summed E-state index contributed by atoms with van der Waals surface area (Å²) in [7, 11) is 0. The molecule has 1 aromatic carbocycles. The predicted octanol–water partition coefficient (Wildman–Crippen LogP) is 5.69. The molecule has 26 heavy (non-hydrogen) atoms. The molecule has 142 valence electrons. The number of rotatable bonds is 9. The Bertz CT molecular complexity index is 753. The van der Waals surface area contributed by atoms with Crippen molar-refractivity contribution >= 4 is 17.5 Å². The average molecular weight is 377 g/mol. The van der Waals surface area contributed by atoms with Crippen molar-refractivity contribution in [1.82, 2.24) is 9.78 Å². The lowest BCUT2D eigenvalue weighted by molar-refractivity contribution is 0.0817. The van der Waals surface area contributed by atoms with Crippen LogP contribution < -0.4 is 4.74 Å². The van der Waals surface area contributed by atoms with E-state index in [1.807, 2.05) is 26.8 Å². The normalized spacial score (nSPS) is 11.0. The van der Waals surface area contributed by atoms with Crippen molar-refractivity contribution < 1.29 is 9.53 Å². The van der Waals surface area contributed by atoms with E-state index < -0.39 is 0 Å². The minimum Gasteiger partial charge on any atom is -0.483 e. The summed E-state index contributed by atoms with van der Waals surface area (Å²) in [6, 6.07) is 5.36. The fraction of sp³-hybridized carbons (Fsp3) is 0.524. The summed E-state index contributed by atoms with van der Waals surface area (Å²) < 4.78 is 7.16. The number of hydrogen-bond acceptors (Lipinski definition) is 3. The van der Waals surface area contributed by atoms with Crippen molar-refractivity contribution in [1.29, 1.82) is 0 Å². The van der Waals surface area contributed by atoms with Crippen LogP contribution in [-0.4, -0.2) is 22.3 Å². The third kappa shape index (κ3) is 5.34. The number of benzene rings is 1. The number of halogens is 1. The van der Waals surface area contributed by atoms with E-state index >= 15 is 0 Å². The van der Waals surface area contributed by atoms with Gasteiger partial charge in [0.15, 0.2) is 6.61 Å². The lowest BCUT2D eigenvalue weighted by Gasteiger charge is -2.09. The summed E-state index contributed by atoms with van der Waals surface area (Å²) in [5.41, 5.74) is 3.97. The first-order valence-corrected chi connectivity index (χ1v) is 9.79. The number of nitrogens with zero attached hydrogens (tertiary/aromatic N) is 2. The van der Waals surface area contributed by atoms with E-state index in [-0.39, 0.29) is 12.5 Å². The van der Waals surface area contributed by atoms with Crippen molar-refractivity contribution in [2.75, 3.05) is 6.61 Å². The van der Waals surface area contributed by atoms with Gasteiger partial charge in [0.05, 0.1) is 5.69 Å². The zero-order chi connectivity index (χ0) is 19.1. The van der Waals surface area contributed by atoms with E-state index in [0.717, 1.165) is 29.8 Å². The van der Waals surface area contributed by atoms with Gasteiger partial charge in [0, 0.05) is 10.7 Å². The first-order valence-electron chi connectivity index (χ1n) is 9.41. The van der Waals surface area contributed by atoms with Crippen molar-refractivity contribution in [2.45, 2.75) is 66.2 Å². The van der Waals surface area contributed by atoms with E-state index in [9.17, 15) is 4.79 Å². The van der Waals surface area contributed by atoms with Crippen LogP contribution >= 0.6 is 11.6 Å². The second kappa shape index (κ2) is 9.77. The molecule has 0 amide bonds. The van der Waals surface area contributed by atoms with Gasteiger partial charge >= 0.3 is 0 Å². The van der Waals surface area contributed by atoms with Crippen LogP contribution in [0, 0.1) is 20.8 Å². The lowest BCUT2D eigenvalue weighted by Crippen LogP contribution is -2.22. The summed E-state index contributed by atoms with van der Waals surface area (Å²) in [5.74, 6) is 0.512. The van der Waals surface area contributed by atoms with Crippen molar-refractivity contribution in [3.63, 3.8) is 0 Å². The fourth-order valence-electron chi connectivity index (χ4n) is 3.16. The molecule has 1 heterocycles. The average Bonchev–Trinajstić information content (AvgIpc) is 2.88. The van der Waals surface area contributed by atoms with Gasteiger partial charge < -0.3 is 4.74 Å². The third-order valence-corrected chi connectivity index (χ3v) is 4.93. The maximum atomic E-state index is 12.5. The largest absolute Gasteiger partial charge is 0.483 e. The molecule has 0 unspecified atom stereocenters. The number of carbonyl (C=O) groups excluding carboxylic acids is 1. The molecule has 0 saturated heterocycles. The zero-order valence-electron chi connectivity index (χ0n) is 16.3. The van der Waals surface area contributed by atoms with Gasteiger partial charge in [0.1, 0.15) is 5.75 Å². The van der Waals surface area contributed by atoms with Crippen LogP contribution in [0.5, 0.6) is 5.75 Å². The van der Waals surface area contributed by atoms with Gasteiger partial charge in [0.25, 0.3) is 5.91 Å². The van der Waals surface area contributed by atoms with Gasteiger partial charge in [-0.05, 0) is 62.9 Å². The Hall–Kier alpha value is -1.81. The molecule has 0 radical (unpaired) electrons. The zero-order valence-corrected chi connectivity index (χ0v) is 17.0. The lowest BCUT2D eigenvalue weighted by atomic mass is 10.0. The van der Waals surface area contributed by atoms with Crippen molar-refractivity contribution in [3.8, 4) is 5.75 Å². The summed E-state index contributed by atoms with van der Waals surface area (Å²) in [6.07, 6.45) is 7.16. The molecule has 0 spiro atoms. The van der Waals surface area contributed by atoms with E-state index in [4.69, 9.17) is 16.3 Å². The van der Waals surface area contributed by atoms with Gasteiger partial charge in [-0.3, -0.25) is 4.79 Å². The second-order valence-electron chi connectivity index (χ2n) is 6.82. The summed E-state index contributed by atoms with van der Waals surface area (Å²) in [6.45, 7) is 8.03. The molecule has 2 rings (SSSR count). The van der Waals surface area contributed by atoms with Gasteiger partial charge in [-0.1, -0.05) is 44.2 Å². The Labute approximate surface area is 161 Å².